The maximum absolute atomic E-state index is 13.7. The second-order valence-corrected chi connectivity index (χ2v) is 17.0. The predicted molar refractivity (Wildman–Crippen MR) is 256 cm³/mol. The Morgan fingerprint density at radius 1 is 0.621 bits per heavy atom. The number of halogens is 6. The fourth-order valence-electron chi connectivity index (χ4n) is 8.27. The van der Waals surface area contributed by atoms with E-state index in [1.54, 1.807) is 24.3 Å². The molecule has 0 amide bonds. The Balaban J connectivity index is 0.000000520. The van der Waals surface area contributed by atoms with Crippen LogP contribution in [0.5, 0.6) is 11.5 Å². The third-order valence-corrected chi connectivity index (χ3v) is 11.8. The van der Waals surface area contributed by atoms with Crippen molar-refractivity contribution in [1.82, 2.24) is 0 Å². The zero-order chi connectivity index (χ0) is 47.0. The summed E-state index contributed by atoms with van der Waals surface area (Å²) in [5, 5.41) is 34.6. The maximum Gasteiger partial charge on any atom is 0.343 e. The minimum atomic E-state index is -1.05. The highest BCUT2D eigenvalue weighted by Crippen LogP contribution is 2.39. The number of carboxylic acid groups (broad SMARTS) is 1. The van der Waals surface area contributed by atoms with Gasteiger partial charge < -0.3 is 14.9 Å². The zero-order valence-electron chi connectivity index (χ0n) is 36.5. The largest absolute Gasteiger partial charge is 0.508 e. The average molecular weight is 958 g/mol. The summed E-state index contributed by atoms with van der Waals surface area (Å²) in [6.07, 6.45) is 20.8. The molecule has 2 aliphatic carbocycles. The average Bonchev–Trinajstić information content (AvgIpc) is 3.28. The van der Waals surface area contributed by atoms with Gasteiger partial charge in [0.2, 0.25) is 0 Å². The van der Waals surface area contributed by atoms with Crippen LogP contribution in [0.1, 0.15) is 186 Å². The number of carbonyl (C=O) groups excluding carboxylic acids is 1. The Kier molecular flexibility index (Phi) is 28.3. The lowest BCUT2D eigenvalue weighted by Crippen LogP contribution is -2.14. The fourth-order valence-corrected chi connectivity index (χ4v) is 8.27. The number of hydrogen-bond acceptors (Lipinski definition) is 6. The first-order valence-corrected chi connectivity index (χ1v) is 23.1. The molecule has 2 saturated carbocycles. The molecule has 0 bridgehead atoms. The van der Waals surface area contributed by atoms with Gasteiger partial charge in [0, 0.05) is 24.3 Å². The van der Waals surface area contributed by atoms with Gasteiger partial charge in [-0.3, -0.25) is 0 Å². The topological polar surface area (TPSA) is 131 Å². The first kappa shape index (κ1) is 58.9. The van der Waals surface area contributed by atoms with Crippen molar-refractivity contribution < 1.29 is 42.1 Å². The summed E-state index contributed by atoms with van der Waals surface area (Å²) in [6.45, 7) is 4.50. The molecule has 0 unspecified atom stereocenters. The molecule has 0 spiro atoms. The molecule has 2 aliphatic rings. The summed E-state index contributed by atoms with van der Waals surface area (Å²) in [6, 6.07) is 20.6. The van der Waals surface area contributed by atoms with E-state index in [-0.39, 0.29) is 25.9 Å². The fraction of sp³-hybridized carbons (Fsp3) is 0.472. The van der Waals surface area contributed by atoms with Crippen LogP contribution in [0.15, 0.2) is 72.8 Å². The van der Waals surface area contributed by atoms with E-state index >= 15 is 0 Å². The molecule has 66 heavy (non-hydrogen) atoms. The van der Waals surface area contributed by atoms with Crippen LogP contribution < -0.4 is 4.74 Å². The first-order valence-electron chi connectivity index (χ1n) is 22.0. The molecule has 6 rings (SSSR count). The van der Waals surface area contributed by atoms with Gasteiger partial charge in [-0.15, -0.1) is 23.2 Å². The van der Waals surface area contributed by atoms with Crippen LogP contribution in [-0.4, -0.2) is 27.5 Å². The van der Waals surface area contributed by atoms with Crippen LogP contribution in [-0.2, 0) is 0 Å². The van der Waals surface area contributed by atoms with E-state index in [1.807, 2.05) is 24.3 Å². The lowest BCUT2D eigenvalue weighted by molar-refractivity contribution is 0.0694. The molecule has 0 aliphatic heterocycles. The molecule has 0 radical (unpaired) electrons. The lowest BCUT2D eigenvalue weighted by atomic mass is 9.77. The molecular weight excluding hydrogens is 891 g/mol. The Morgan fingerprint density at radius 3 is 1.30 bits per heavy atom. The van der Waals surface area contributed by atoms with Gasteiger partial charge in [-0.1, -0.05) is 104 Å². The number of benzene rings is 4. The van der Waals surface area contributed by atoms with Crippen LogP contribution in [0.2, 0.25) is 0 Å². The normalized spacial score (nSPS) is 17.1. The van der Waals surface area contributed by atoms with Crippen molar-refractivity contribution in [2.75, 3.05) is 5.34 Å². The smallest absolute Gasteiger partial charge is 0.343 e. The van der Waals surface area contributed by atoms with E-state index in [4.69, 9.17) is 48.7 Å². The number of rotatable bonds is 13. The summed E-state index contributed by atoms with van der Waals surface area (Å²) < 4.78 is 57.4. The van der Waals surface area contributed by atoms with Crippen molar-refractivity contribution >= 4 is 35.1 Å². The Labute approximate surface area is 399 Å². The number of hydrogen-bond donors (Lipinski definition) is 2. The van der Waals surface area contributed by atoms with Gasteiger partial charge in [0.1, 0.15) is 58.0 Å². The quantitative estimate of drug-likeness (QED) is 0.0448. The van der Waals surface area contributed by atoms with Crippen LogP contribution in [0.4, 0.5) is 17.6 Å². The minimum absolute atomic E-state index is 0. The van der Waals surface area contributed by atoms with Crippen LogP contribution in [0.25, 0.3) is 0 Å². The number of ether oxygens (including phenoxy) is 1. The van der Waals surface area contributed by atoms with Crippen molar-refractivity contribution in [2.24, 2.45) is 11.8 Å². The van der Waals surface area contributed by atoms with E-state index in [1.165, 1.54) is 126 Å². The van der Waals surface area contributed by atoms with E-state index in [2.05, 4.69) is 13.8 Å². The Morgan fingerprint density at radius 2 is 0.970 bits per heavy atom. The predicted octanol–water partition coefficient (Wildman–Crippen LogP) is 16.4. The SMILES string of the molecule is C.C.CCCCCC1CCC(c2ccc(C(=O)O)cc2)CC1.CCCCCC1CCC(c2ccc(C(=O)Oc3cc(F)c(C#N)c(F)c3)cc2)CC1.ClCCl.N#Cc1c(F)cc(O)cc1F. The number of carbonyl (C=O) groups is 2. The van der Waals surface area contributed by atoms with Gasteiger partial charge in [0.15, 0.2) is 0 Å². The van der Waals surface area contributed by atoms with Gasteiger partial charge in [0.05, 0.1) is 16.5 Å². The van der Waals surface area contributed by atoms with Crippen molar-refractivity contribution in [1.29, 1.82) is 10.5 Å². The molecule has 360 valence electrons. The van der Waals surface area contributed by atoms with Crippen molar-refractivity contribution in [3.63, 3.8) is 0 Å². The third-order valence-electron chi connectivity index (χ3n) is 11.8. The number of unbranched alkanes of at least 4 members (excludes halogenated alkanes) is 4. The molecular formula is C53H66Cl2F4N2O5. The van der Waals surface area contributed by atoms with Gasteiger partial charge >= 0.3 is 11.9 Å². The van der Waals surface area contributed by atoms with E-state index in [0.717, 1.165) is 24.0 Å². The highest BCUT2D eigenvalue weighted by atomic mass is 35.5. The molecule has 2 fully saturated rings. The zero-order valence-corrected chi connectivity index (χ0v) is 38.1. The summed E-state index contributed by atoms with van der Waals surface area (Å²) in [5.74, 6) is -3.61. The second-order valence-electron chi connectivity index (χ2n) is 16.2. The van der Waals surface area contributed by atoms with Crippen molar-refractivity contribution in [2.45, 2.75) is 143 Å². The van der Waals surface area contributed by atoms with Gasteiger partial charge in [-0.25, -0.2) is 27.2 Å². The molecule has 7 nitrogen and oxygen atoms in total. The summed E-state index contributed by atoms with van der Waals surface area (Å²) in [5.41, 5.74) is 1.87. The number of aromatic carboxylic acids is 1. The maximum atomic E-state index is 13.7. The van der Waals surface area contributed by atoms with Crippen LogP contribution >= 0.6 is 23.2 Å². The number of phenols is 1. The number of carboxylic acids is 1. The standard InChI is InChI=1S/C25H27F2NO2.C18H26O2.C7H3F2NO.CH2Cl2.2CH4/c1-2-3-4-5-17-6-8-18(9-7-17)19-10-12-20(13-11-19)25(29)30-21-14-23(26)22(16-28)24(27)15-21;1-2-3-4-5-14-6-8-15(9-7-14)16-10-12-17(13-11-16)18(19)20;8-6-1-4(11)2-7(9)5(6)3-10;2-1-3;;/h10-15,17-18H,2-9H2,1H3;10-15H,2-9H2,1H3,(H,19,20);1-2,11H;1H2;2*1H4. The third kappa shape index (κ3) is 19.4. The Hall–Kier alpha value is -5.10. The van der Waals surface area contributed by atoms with Crippen molar-refractivity contribution in [3.8, 4) is 23.6 Å². The summed E-state index contributed by atoms with van der Waals surface area (Å²) >= 11 is 9.53. The molecule has 4 aromatic rings. The number of phenolic OH excluding ortho intramolecular Hbond substituents is 1. The molecule has 0 atom stereocenters. The van der Waals surface area contributed by atoms with Crippen LogP contribution in [0.3, 0.4) is 0 Å². The number of nitriles is 2. The van der Waals surface area contributed by atoms with Gasteiger partial charge in [0.25, 0.3) is 0 Å². The number of aromatic hydroxyl groups is 1. The minimum Gasteiger partial charge on any atom is -0.508 e. The van der Waals surface area contributed by atoms with E-state index < -0.39 is 52.1 Å². The summed E-state index contributed by atoms with van der Waals surface area (Å²) in [7, 11) is 0. The van der Waals surface area contributed by atoms with E-state index in [9.17, 15) is 27.2 Å². The van der Waals surface area contributed by atoms with E-state index in [0.29, 0.717) is 35.1 Å². The lowest BCUT2D eigenvalue weighted by Gasteiger charge is -2.29. The van der Waals surface area contributed by atoms with Crippen LogP contribution in [0, 0.1) is 57.8 Å². The summed E-state index contributed by atoms with van der Waals surface area (Å²) in [4.78, 5) is 23.2. The second kappa shape index (κ2) is 31.8. The van der Waals surface area contributed by atoms with Crippen molar-refractivity contribution in [3.05, 3.63) is 129 Å². The Bertz CT molecular complexity index is 2100. The highest BCUT2D eigenvalue weighted by Gasteiger charge is 2.24. The molecule has 0 heterocycles. The number of alkyl halides is 2. The highest BCUT2D eigenvalue weighted by molar-refractivity contribution is 6.40. The monoisotopic (exact) mass is 956 g/mol. The van der Waals surface area contributed by atoms with Gasteiger partial charge in [-0.05, 0) is 110 Å². The van der Waals surface area contributed by atoms with Gasteiger partial charge in [-0.2, -0.15) is 10.5 Å². The number of esters is 1. The molecule has 13 heteroatoms. The first-order chi connectivity index (χ1) is 30.8. The molecule has 4 aromatic carbocycles. The molecule has 2 N–H and O–H groups in total. The molecule has 0 saturated heterocycles. The molecule has 0 aromatic heterocycles. The number of nitrogens with zero attached hydrogens (tertiary/aromatic N) is 2.